The van der Waals surface area contributed by atoms with E-state index in [0.29, 0.717) is 13.0 Å². The lowest BCUT2D eigenvalue weighted by atomic mass is 9.94. The second-order valence-corrected chi connectivity index (χ2v) is 4.25. The fraction of sp³-hybridized carbons (Fsp3) is 0.462. The van der Waals surface area contributed by atoms with Crippen LogP contribution in [0.4, 0.5) is 0 Å². The van der Waals surface area contributed by atoms with Crippen LogP contribution in [-0.2, 0) is 24.3 Å². The molecule has 86 valence electrons. The monoisotopic (exact) mass is 218 g/mol. The van der Waals surface area contributed by atoms with Crippen molar-refractivity contribution in [2.75, 3.05) is 6.54 Å². The van der Waals surface area contributed by atoms with Crippen molar-refractivity contribution < 1.29 is 4.79 Å². The van der Waals surface area contributed by atoms with Gasteiger partial charge in [0.05, 0.1) is 6.42 Å². The number of nitrogens with zero attached hydrogens (tertiary/aromatic N) is 1. The van der Waals surface area contributed by atoms with Gasteiger partial charge in [-0.1, -0.05) is 25.1 Å². The molecule has 2 rings (SSSR count). The number of amides is 1. The first-order valence-corrected chi connectivity index (χ1v) is 5.83. The molecule has 3 nitrogen and oxygen atoms in total. The fourth-order valence-electron chi connectivity index (χ4n) is 2.28. The molecule has 0 saturated heterocycles. The average molecular weight is 218 g/mol. The quantitative estimate of drug-likeness (QED) is 0.834. The van der Waals surface area contributed by atoms with E-state index in [9.17, 15) is 4.79 Å². The van der Waals surface area contributed by atoms with Crippen LogP contribution in [0.3, 0.4) is 0 Å². The Balaban J connectivity index is 2.30. The number of fused-ring (bicyclic) bond motifs is 1. The zero-order chi connectivity index (χ0) is 11.5. The molecule has 1 aliphatic heterocycles. The summed E-state index contributed by atoms with van der Waals surface area (Å²) in [7, 11) is 0. The molecule has 3 heteroatoms. The van der Waals surface area contributed by atoms with Gasteiger partial charge in [-0.2, -0.15) is 0 Å². The molecule has 2 N–H and O–H groups in total. The first kappa shape index (κ1) is 11.1. The summed E-state index contributed by atoms with van der Waals surface area (Å²) >= 11 is 0. The number of carbonyl (C=O) groups excluding carboxylic acids is 1. The van der Waals surface area contributed by atoms with E-state index in [1.54, 1.807) is 0 Å². The van der Waals surface area contributed by atoms with E-state index in [2.05, 4.69) is 13.0 Å². The summed E-state index contributed by atoms with van der Waals surface area (Å²) in [5.74, 6) is 0.232. The van der Waals surface area contributed by atoms with Crippen LogP contribution in [-0.4, -0.2) is 17.4 Å². The summed E-state index contributed by atoms with van der Waals surface area (Å²) < 4.78 is 0. The van der Waals surface area contributed by atoms with Crippen molar-refractivity contribution in [2.24, 2.45) is 5.73 Å². The maximum Gasteiger partial charge on any atom is 0.227 e. The predicted octanol–water partition coefficient (Wildman–Crippen LogP) is 1.44. The van der Waals surface area contributed by atoms with Crippen LogP contribution in [0.25, 0.3) is 0 Å². The van der Waals surface area contributed by atoms with Crippen LogP contribution >= 0.6 is 0 Å². The Morgan fingerprint density at radius 1 is 1.44 bits per heavy atom. The second-order valence-electron chi connectivity index (χ2n) is 4.25. The van der Waals surface area contributed by atoms with Crippen molar-refractivity contribution in [1.29, 1.82) is 0 Å². The van der Waals surface area contributed by atoms with Gasteiger partial charge in [0.1, 0.15) is 0 Å². The molecule has 0 radical (unpaired) electrons. The van der Waals surface area contributed by atoms with Gasteiger partial charge in [-0.3, -0.25) is 4.79 Å². The molecule has 1 amide bonds. The molecule has 1 heterocycles. The van der Waals surface area contributed by atoms with Crippen LogP contribution < -0.4 is 5.73 Å². The van der Waals surface area contributed by atoms with E-state index in [0.717, 1.165) is 30.6 Å². The molecule has 0 bridgehead atoms. The van der Waals surface area contributed by atoms with Crippen molar-refractivity contribution in [1.82, 2.24) is 4.90 Å². The first-order chi connectivity index (χ1) is 7.76. The highest BCUT2D eigenvalue weighted by atomic mass is 16.2. The third-order valence-corrected chi connectivity index (χ3v) is 3.13. The third-order valence-electron chi connectivity index (χ3n) is 3.13. The number of nitrogens with two attached hydrogens (primary N) is 1. The van der Waals surface area contributed by atoms with E-state index < -0.39 is 0 Å². The van der Waals surface area contributed by atoms with Crippen molar-refractivity contribution in [3.05, 3.63) is 34.9 Å². The summed E-state index contributed by atoms with van der Waals surface area (Å²) in [6.45, 7) is 4.21. The highest BCUT2D eigenvalue weighted by molar-refractivity contribution is 5.81. The molecule has 0 aromatic heterocycles. The third kappa shape index (κ3) is 1.95. The Morgan fingerprint density at radius 3 is 2.94 bits per heavy atom. The molecular formula is C13H18N2O. The topological polar surface area (TPSA) is 46.3 Å². The van der Waals surface area contributed by atoms with Gasteiger partial charge in [-0.25, -0.2) is 0 Å². The predicted molar refractivity (Wildman–Crippen MR) is 63.7 cm³/mol. The molecule has 1 aromatic rings. The van der Waals surface area contributed by atoms with E-state index >= 15 is 0 Å². The van der Waals surface area contributed by atoms with Gasteiger partial charge >= 0.3 is 0 Å². The molecule has 0 aliphatic carbocycles. The molecule has 1 aromatic carbocycles. The molecule has 0 spiro atoms. The maximum absolute atomic E-state index is 11.9. The Hall–Kier alpha value is -1.35. The van der Waals surface area contributed by atoms with Crippen molar-refractivity contribution in [3.8, 4) is 0 Å². The summed E-state index contributed by atoms with van der Waals surface area (Å²) in [6.07, 6.45) is 1.53. The normalized spacial score (nSPS) is 15.1. The van der Waals surface area contributed by atoms with E-state index in [1.807, 2.05) is 17.0 Å². The van der Waals surface area contributed by atoms with E-state index in [-0.39, 0.29) is 5.91 Å². The Labute approximate surface area is 96.2 Å². The van der Waals surface area contributed by atoms with Gasteiger partial charge in [0, 0.05) is 19.6 Å². The highest BCUT2D eigenvalue weighted by Crippen LogP contribution is 2.23. The molecule has 0 saturated carbocycles. The number of benzene rings is 1. The average Bonchev–Trinajstić information content (AvgIpc) is 2.30. The second kappa shape index (κ2) is 4.66. The largest absolute Gasteiger partial charge is 0.338 e. The lowest BCUT2D eigenvalue weighted by Gasteiger charge is -2.29. The van der Waals surface area contributed by atoms with Crippen molar-refractivity contribution in [3.63, 3.8) is 0 Å². The Morgan fingerprint density at radius 2 is 2.25 bits per heavy atom. The number of hydrogen-bond acceptors (Lipinski definition) is 2. The van der Waals surface area contributed by atoms with Crippen LogP contribution in [0.2, 0.25) is 0 Å². The van der Waals surface area contributed by atoms with Crippen LogP contribution in [0, 0.1) is 0 Å². The lowest BCUT2D eigenvalue weighted by Crippen LogP contribution is -2.37. The summed E-state index contributed by atoms with van der Waals surface area (Å²) in [5, 5.41) is 0. The van der Waals surface area contributed by atoms with Gasteiger partial charge in [0.25, 0.3) is 0 Å². The van der Waals surface area contributed by atoms with Crippen molar-refractivity contribution >= 4 is 5.91 Å². The summed E-state index contributed by atoms with van der Waals surface area (Å²) in [5.41, 5.74) is 9.22. The maximum atomic E-state index is 11.9. The standard InChI is InChI=1S/C13H18N2O/c1-2-6-15-9-11-5-3-4-10(8-14)12(11)7-13(15)16/h3-5H,2,6-9,14H2,1H3. The van der Waals surface area contributed by atoms with Gasteiger partial charge in [0.15, 0.2) is 0 Å². The Bertz CT molecular complexity index is 401. The summed E-state index contributed by atoms with van der Waals surface area (Å²) in [4.78, 5) is 13.8. The summed E-state index contributed by atoms with van der Waals surface area (Å²) in [6, 6.07) is 6.14. The molecular weight excluding hydrogens is 200 g/mol. The zero-order valence-electron chi connectivity index (χ0n) is 9.70. The van der Waals surface area contributed by atoms with E-state index in [1.165, 1.54) is 5.56 Å². The van der Waals surface area contributed by atoms with Gasteiger partial charge < -0.3 is 10.6 Å². The minimum Gasteiger partial charge on any atom is -0.338 e. The highest BCUT2D eigenvalue weighted by Gasteiger charge is 2.23. The smallest absolute Gasteiger partial charge is 0.227 e. The number of hydrogen-bond donors (Lipinski definition) is 1. The zero-order valence-corrected chi connectivity index (χ0v) is 9.70. The van der Waals surface area contributed by atoms with Crippen LogP contribution in [0.15, 0.2) is 18.2 Å². The van der Waals surface area contributed by atoms with Gasteiger partial charge in [0.2, 0.25) is 5.91 Å². The molecule has 16 heavy (non-hydrogen) atoms. The van der Waals surface area contributed by atoms with Crippen LogP contribution in [0.1, 0.15) is 30.0 Å². The number of carbonyl (C=O) groups is 1. The fourth-order valence-corrected chi connectivity index (χ4v) is 2.28. The molecule has 0 fully saturated rings. The van der Waals surface area contributed by atoms with Gasteiger partial charge in [-0.15, -0.1) is 0 Å². The molecule has 0 atom stereocenters. The van der Waals surface area contributed by atoms with Gasteiger partial charge in [-0.05, 0) is 23.1 Å². The minimum atomic E-state index is 0.232. The lowest BCUT2D eigenvalue weighted by molar-refractivity contribution is -0.131. The van der Waals surface area contributed by atoms with Crippen molar-refractivity contribution in [2.45, 2.75) is 32.9 Å². The minimum absolute atomic E-state index is 0.232. The van der Waals surface area contributed by atoms with Crippen LogP contribution in [0.5, 0.6) is 0 Å². The van der Waals surface area contributed by atoms with E-state index in [4.69, 9.17) is 5.73 Å². The molecule has 0 unspecified atom stereocenters. The molecule has 1 aliphatic rings. The first-order valence-electron chi connectivity index (χ1n) is 5.83. The number of rotatable bonds is 3. The Kier molecular flexibility index (Phi) is 3.25. The SMILES string of the molecule is CCCN1Cc2cccc(CN)c2CC1=O.